The van der Waals surface area contributed by atoms with Gasteiger partial charge in [-0.05, 0) is 24.1 Å². The minimum Gasteiger partial charge on any atom is -0.356 e. The maximum absolute atomic E-state index is 6.00. The second-order valence-electron chi connectivity index (χ2n) is 5.93. The van der Waals surface area contributed by atoms with Crippen LogP contribution in [0.4, 0.5) is 0 Å². The minimum absolute atomic E-state index is 0. The summed E-state index contributed by atoms with van der Waals surface area (Å²) in [6.07, 6.45) is 1.54. The number of nitrogens with one attached hydrogen (secondary N) is 2. The molecule has 0 amide bonds. The number of benzene rings is 2. The van der Waals surface area contributed by atoms with Crippen LogP contribution in [0.1, 0.15) is 11.5 Å². The summed E-state index contributed by atoms with van der Waals surface area (Å²) < 4.78 is 5.31. The monoisotopic (exact) mass is 511 g/mol. The van der Waals surface area contributed by atoms with Crippen LogP contribution in [0.2, 0.25) is 5.02 Å². The number of guanidine groups is 1. The average molecular weight is 512 g/mol. The van der Waals surface area contributed by atoms with Gasteiger partial charge in [-0.2, -0.15) is 4.98 Å². The summed E-state index contributed by atoms with van der Waals surface area (Å²) in [6.45, 7) is 1.45. The highest BCUT2D eigenvalue weighted by molar-refractivity contribution is 14.0. The van der Waals surface area contributed by atoms with Crippen molar-refractivity contribution in [2.45, 2.75) is 12.8 Å². The van der Waals surface area contributed by atoms with E-state index in [2.05, 4.69) is 37.9 Å². The van der Waals surface area contributed by atoms with Gasteiger partial charge in [-0.25, -0.2) is 0 Å². The highest BCUT2D eigenvalue weighted by Gasteiger charge is 2.09. The third kappa shape index (κ3) is 6.79. The zero-order valence-electron chi connectivity index (χ0n) is 15.6. The quantitative estimate of drug-likeness (QED) is 0.285. The molecule has 6 nitrogen and oxygen atoms in total. The first-order valence-electron chi connectivity index (χ1n) is 8.81. The van der Waals surface area contributed by atoms with Crippen LogP contribution >= 0.6 is 35.6 Å². The molecule has 3 aromatic rings. The molecule has 0 aliphatic heterocycles. The maximum atomic E-state index is 6.00. The van der Waals surface area contributed by atoms with E-state index >= 15 is 0 Å². The predicted octanol–water partition coefficient (Wildman–Crippen LogP) is 3.96. The molecule has 0 atom stereocenters. The van der Waals surface area contributed by atoms with Gasteiger partial charge >= 0.3 is 0 Å². The molecule has 0 fully saturated rings. The Balaban J connectivity index is 0.00000280. The van der Waals surface area contributed by atoms with Crippen LogP contribution in [0.15, 0.2) is 64.1 Å². The van der Waals surface area contributed by atoms with Crippen LogP contribution in [0.3, 0.4) is 0 Å². The molecule has 0 spiro atoms. The Morgan fingerprint density at radius 3 is 2.50 bits per heavy atom. The Kier molecular flexibility index (Phi) is 9.22. The van der Waals surface area contributed by atoms with Crippen molar-refractivity contribution < 1.29 is 4.52 Å². The van der Waals surface area contributed by atoms with Crippen molar-refractivity contribution in [3.05, 3.63) is 71.1 Å². The van der Waals surface area contributed by atoms with Crippen molar-refractivity contribution in [2.24, 2.45) is 4.99 Å². The number of aromatic nitrogens is 2. The molecule has 0 bridgehead atoms. The van der Waals surface area contributed by atoms with Gasteiger partial charge in [0.1, 0.15) is 0 Å². The molecule has 0 radical (unpaired) electrons. The first-order chi connectivity index (χ1) is 13.2. The molecule has 1 aromatic heterocycles. The summed E-state index contributed by atoms with van der Waals surface area (Å²) in [6, 6.07) is 17.7. The molecule has 8 heteroatoms. The SMILES string of the molecule is CN=C(NCCc1ccccc1)NCCc1nc(-c2cccc(Cl)c2)no1.I. The highest BCUT2D eigenvalue weighted by Crippen LogP contribution is 2.19. The second kappa shape index (κ2) is 11.7. The van der Waals surface area contributed by atoms with Crippen molar-refractivity contribution in [1.82, 2.24) is 20.8 Å². The lowest BCUT2D eigenvalue weighted by molar-refractivity contribution is 0.378. The molecule has 148 valence electrons. The van der Waals surface area contributed by atoms with E-state index < -0.39 is 0 Å². The fourth-order valence-corrected chi connectivity index (χ4v) is 2.77. The summed E-state index contributed by atoms with van der Waals surface area (Å²) in [4.78, 5) is 8.64. The van der Waals surface area contributed by atoms with Gasteiger partial charge in [0.25, 0.3) is 0 Å². The normalized spacial score (nSPS) is 11.0. The van der Waals surface area contributed by atoms with Crippen LogP contribution in [0, 0.1) is 0 Å². The fourth-order valence-electron chi connectivity index (χ4n) is 2.58. The first-order valence-corrected chi connectivity index (χ1v) is 9.19. The summed E-state index contributed by atoms with van der Waals surface area (Å²) in [5, 5.41) is 11.2. The van der Waals surface area contributed by atoms with Crippen LogP contribution in [0.5, 0.6) is 0 Å². The van der Waals surface area contributed by atoms with Crippen LogP contribution in [-0.2, 0) is 12.8 Å². The molecule has 28 heavy (non-hydrogen) atoms. The van der Waals surface area contributed by atoms with E-state index in [0.717, 1.165) is 24.5 Å². The van der Waals surface area contributed by atoms with E-state index in [0.29, 0.717) is 29.7 Å². The smallest absolute Gasteiger partial charge is 0.228 e. The Morgan fingerprint density at radius 1 is 1.04 bits per heavy atom. The Hall–Kier alpha value is -2.13. The largest absolute Gasteiger partial charge is 0.356 e. The van der Waals surface area contributed by atoms with Gasteiger partial charge in [0, 0.05) is 37.1 Å². The molecule has 0 saturated heterocycles. The molecular formula is C20H23ClIN5O. The lowest BCUT2D eigenvalue weighted by atomic mass is 10.1. The van der Waals surface area contributed by atoms with Crippen LogP contribution in [-0.4, -0.2) is 36.2 Å². The standard InChI is InChI=1S/C20H22ClN5O.HI/c1-22-20(23-12-10-15-6-3-2-4-7-15)24-13-11-18-25-19(26-27-18)16-8-5-9-17(21)14-16;/h2-9,14H,10-13H2,1H3,(H2,22,23,24);1H. The Morgan fingerprint density at radius 2 is 1.79 bits per heavy atom. The average Bonchev–Trinajstić information content (AvgIpc) is 3.16. The molecule has 0 aliphatic carbocycles. The minimum atomic E-state index is 0. The zero-order valence-corrected chi connectivity index (χ0v) is 18.6. The van der Waals surface area contributed by atoms with Crippen molar-refractivity contribution >= 4 is 41.5 Å². The van der Waals surface area contributed by atoms with Crippen molar-refractivity contribution in [1.29, 1.82) is 0 Å². The lowest BCUT2D eigenvalue weighted by Crippen LogP contribution is -2.39. The van der Waals surface area contributed by atoms with Gasteiger partial charge in [0.2, 0.25) is 11.7 Å². The topological polar surface area (TPSA) is 75.3 Å². The summed E-state index contributed by atoms with van der Waals surface area (Å²) >= 11 is 6.00. The highest BCUT2D eigenvalue weighted by atomic mass is 127. The lowest BCUT2D eigenvalue weighted by Gasteiger charge is -2.11. The Labute approximate surface area is 186 Å². The predicted molar refractivity (Wildman–Crippen MR) is 123 cm³/mol. The summed E-state index contributed by atoms with van der Waals surface area (Å²) in [5.41, 5.74) is 2.13. The van der Waals surface area contributed by atoms with E-state index in [9.17, 15) is 0 Å². The molecule has 2 aromatic carbocycles. The maximum Gasteiger partial charge on any atom is 0.228 e. The van der Waals surface area contributed by atoms with Gasteiger partial charge in [-0.15, -0.1) is 24.0 Å². The number of hydrogen-bond donors (Lipinski definition) is 2. The van der Waals surface area contributed by atoms with Crippen LogP contribution < -0.4 is 10.6 Å². The van der Waals surface area contributed by atoms with E-state index in [1.165, 1.54) is 5.56 Å². The number of aliphatic imine (C=N–C) groups is 1. The molecule has 0 saturated carbocycles. The molecule has 1 heterocycles. The molecule has 0 aliphatic rings. The van der Waals surface area contributed by atoms with E-state index in [4.69, 9.17) is 16.1 Å². The Bertz CT molecular complexity index is 885. The van der Waals surface area contributed by atoms with Gasteiger partial charge in [0.05, 0.1) is 0 Å². The third-order valence-electron chi connectivity index (χ3n) is 3.95. The molecule has 3 rings (SSSR count). The summed E-state index contributed by atoms with van der Waals surface area (Å²) in [7, 11) is 1.75. The number of hydrogen-bond acceptors (Lipinski definition) is 4. The second-order valence-corrected chi connectivity index (χ2v) is 6.37. The number of nitrogens with zero attached hydrogens (tertiary/aromatic N) is 3. The van der Waals surface area contributed by atoms with Gasteiger partial charge < -0.3 is 15.2 Å². The van der Waals surface area contributed by atoms with Gasteiger partial charge in [0.15, 0.2) is 5.96 Å². The van der Waals surface area contributed by atoms with E-state index in [1.807, 2.05) is 42.5 Å². The molecule has 2 N–H and O–H groups in total. The fraction of sp³-hybridized carbons (Fsp3) is 0.250. The van der Waals surface area contributed by atoms with E-state index in [-0.39, 0.29) is 24.0 Å². The van der Waals surface area contributed by atoms with Crippen molar-refractivity contribution in [3.8, 4) is 11.4 Å². The number of rotatable bonds is 7. The van der Waals surface area contributed by atoms with Crippen molar-refractivity contribution in [2.75, 3.05) is 20.1 Å². The molecular weight excluding hydrogens is 489 g/mol. The summed E-state index contributed by atoms with van der Waals surface area (Å²) in [5.74, 6) is 1.86. The molecule has 0 unspecified atom stereocenters. The zero-order chi connectivity index (χ0) is 18.9. The number of halogens is 2. The van der Waals surface area contributed by atoms with E-state index in [1.54, 1.807) is 7.05 Å². The van der Waals surface area contributed by atoms with Gasteiger partial charge in [-0.1, -0.05) is 59.2 Å². The van der Waals surface area contributed by atoms with Gasteiger partial charge in [-0.3, -0.25) is 4.99 Å². The van der Waals surface area contributed by atoms with Crippen molar-refractivity contribution in [3.63, 3.8) is 0 Å². The van der Waals surface area contributed by atoms with Crippen LogP contribution in [0.25, 0.3) is 11.4 Å². The third-order valence-corrected chi connectivity index (χ3v) is 4.19. The first kappa shape index (κ1) is 22.2.